The summed E-state index contributed by atoms with van der Waals surface area (Å²) in [5, 5.41) is 17.1. The number of β-amino-alcohol motifs (C(OH)–C–C–N with tert-alkyl or cyclic N) is 1. The summed E-state index contributed by atoms with van der Waals surface area (Å²) in [4.78, 5) is 31.9. The molecule has 1 aliphatic heterocycles. The van der Waals surface area contributed by atoms with E-state index in [1.807, 2.05) is 37.3 Å². The molecule has 1 aliphatic rings. The number of thiophene rings is 1. The van der Waals surface area contributed by atoms with Crippen LogP contribution in [0.5, 0.6) is 0 Å². The van der Waals surface area contributed by atoms with Gasteiger partial charge in [0, 0.05) is 50.2 Å². The van der Waals surface area contributed by atoms with E-state index in [9.17, 15) is 14.7 Å². The summed E-state index contributed by atoms with van der Waals surface area (Å²) in [5.74, 6) is -0.139. The Kier molecular flexibility index (Phi) is 5.72. The molecule has 3 aromatic heterocycles. The molecule has 0 radical (unpaired) electrons. The fourth-order valence-corrected chi connectivity index (χ4v) is 5.47. The first-order chi connectivity index (χ1) is 16.4. The standard InChI is InChI=1S/C24H25N5O4S/c1-13-8-14-9-15(4-5-18(14)29(13)24(32)25-2)27-16-6-7-26-17-10-21(34-22(16)17)23(31)28-11-19(30)20(12-28)33-3/h4-10,19-20,30H,11-12H2,1-3H3,(H,25,32)(H,26,27)/t19-,20-/m0/s1. The number of carbonyl (C=O) groups is 2. The lowest BCUT2D eigenvalue weighted by molar-refractivity contribution is 0.0215. The third-order valence-corrected chi connectivity index (χ3v) is 7.28. The van der Waals surface area contributed by atoms with Crippen LogP contribution in [0, 0.1) is 6.92 Å². The number of nitrogens with one attached hydrogen (secondary N) is 2. The van der Waals surface area contributed by atoms with Gasteiger partial charge in [-0.25, -0.2) is 4.79 Å². The van der Waals surface area contributed by atoms with Crippen molar-refractivity contribution in [1.29, 1.82) is 0 Å². The van der Waals surface area contributed by atoms with Crippen molar-refractivity contribution in [2.45, 2.75) is 19.1 Å². The number of aliphatic hydroxyl groups excluding tert-OH is 1. The third kappa shape index (κ3) is 3.79. The maximum absolute atomic E-state index is 13.0. The first-order valence-electron chi connectivity index (χ1n) is 10.9. The molecule has 1 aromatic carbocycles. The van der Waals surface area contributed by atoms with E-state index >= 15 is 0 Å². The van der Waals surface area contributed by atoms with E-state index in [0.29, 0.717) is 11.4 Å². The molecule has 0 bridgehead atoms. The number of anilines is 2. The topological polar surface area (TPSA) is 109 Å². The number of benzene rings is 1. The largest absolute Gasteiger partial charge is 0.388 e. The molecule has 0 saturated carbocycles. The lowest BCUT2D eigenvalue weighted by Crippen LogP contribution is -2.29. The van der Waals surface area contributed by atoms with Crippen LogP contribution in [0.1, 0.15) is 15.4 Å². The van der Waals surface area contributed by atoms with Crippen LogP contribution in [0.25, 0.3) is 21.1 Å². The first kappa shape index (κ1) is 22.3. The van der Waals surface area contributed by atoms with Crippen LogP contribution in [-0.2, 0) is 4.74 Å². The molecule has 0 aliphatic carbocycles. The van der Waals surface area contributed by atoms with E-state index in [2.05, 4.69) is 15.6 Å². The number of hydrogen-bond donors (Lipinski definition) is 3. The lowest BCUT2D eigenvalue weighted by Gasteiger charge is -2.14. The van der Waals surface area contributed by atoms with E-state index in [-0.39, 0.29) is 24.6 Å². The summed E-state index contributed by atoms with van der Waals surface area (Å²) in [6, 6.07) is 11.3. The number of fused-ring (bicyclic) bond motifs is 2. The Morgan fingerprint density at radius 2 is 2.03 bits per heavy atom. The molecule has 5 rings (SSSR count). The van der Waals surface area contributed by atoms with E-state index in [1.165, 1.54) is 18.4 Å². The molecule has 2 amide bonds. The predicted octanol–water partition coefficient (Wildman–Crippen LogP) is 3.32. The lowest BCUT2D eigenvalue weighted by atomic mass is 10.2. The smallest absolute Gasteiger partial charge is 0.325 e. The number of likely N-dealkylation sites (tertiary alicyclic amines) is 1. The minimum atomic E-state index is -0.685. The quantitative estimate of drug-likeness (QED) is 0.414. The SMILES string of the molecule is CNC(=O)n1c(C)cc2cc(Nc3ccnc4cc(C(=O)N5C[C@H](OC)[C@@H](O)C5)sc34)ccc21. The Morgan fingerprint density at radius 1 is 1.21 bits per heavy atom. The molecule has 10 heteroatoms. The van der Waals surface area contributed by atoms with Gasteiger partial charge in [-0.1, -0.05) is 0 Å². The molecular formula is C24H25N5O4S. The number of aliphatic hydroxyl groups is 1. The van der Waals surface area contributed by atoms with Crippen LogP contribution < -0.4 is 10.6 Å². The van der Waals surface area contributed by atoms with Gasteiger partial charge in [0.1, 0.15) is 6.10 Å². The maximum Gasteiger partial charge on any atom is 0.325 e. The van der Waals surface area contributed by atoms with Crippen molar-refractivity contribution >= 4 is 55.8 Å². The van der Waals surface area contributed by atoms with Crippen molar-refractivity contribution in [2.24, 2.45) is 0 Å². The summed E-state index contributed by atoms with van der Waals surface area (Å²) in [6.45, 7) is 2.50. The number of hydrogen-bond acceptors (Lipinski definition) is 7. The van der Waals surface area contributed by atoms with Crippen molar-refractivity contribution in [2.75, 3.05) is 32.6 Å². The predicted molar refractivity (Wildman–Crippen MR) is 132 cm³/mol. The van der Waals surface area contributed by atoms with Gasteiger partial charge in [-0.15, -0.1) is 11.3 Å². The molecule has 1 fully saturated rings. The van der Waals surface area contributed by atoms with Crippen molar-refractivity contribution in [1.82, 2.24) is 19.8 Å². The zero-order chi connectivity index (χ0) is 24.0. The second-order valence-corrected chi connectivity index (χ2v) is 9.36. The number of rotatable bonds is 4. The van der Waals surface area contributed by atoms with Crippen LogP contribution >= 0.6 is 11.3 Å². The number of aromatic nitrogens is 2. The molecule has 3 N–H and O–H groups in total. The van der Waals surface area contributed by atoms with Gasteiger partial charge < -0.3 is 25.4 Å². The third-order valence-electron chi connectivity index (χ3n) is 6.13. The number of aryl methyl sites for hydroxylation is 1. The van der Waals surface area contributed by atoms with E-state index in [1.54, 1.807) is 28.8 Å². The highest BCUT2D eigenvalue weighted by Gasteiger charge is 2.35. The zero-order valence-corrected chi connectivity index (χ0v) is 19.8. The second-order valence-electron chi connectivity index (χ2n) is 8.31. The van der Waals surface area contributed by atoms with Crippen molar-refractivity contribution < 1.29 is 19.4 Å². The van der Waals surface area contributed by atoms with Gasteiger partial charge in [-0.05, 0) is 43.3 Å². The number of carbonyl (C=O) groups excluding carboxylic acids is 2. The Balaban J connectivity index is 1.44. The first-order valence-corrected chi connectivity index (χ1v) is 11.7. The fraction of sp³-hybridized carbons (Fsp3) is 0.292. The number of ether oxygens (including phenoxy) is 1. The van der Waals surface area contributed by atoms with E-state index < -0.39 is 6.10 Å². The minimum absolute atomic E-state index is 0.139. The fourth-order valence-electron chi connectivity index (χ4n) is 4.42. The Bertz CT molecular complexity index is 1410. The van der Waals surface area contributed by atoms with Crippen molar-refractivity contribution in [3.05, 3.63) is 53.2 Å². The molecule has 9 nitrogen and oxygen atoms in total. The van der Waals surface area contributed by atoms with Gasteiger partial charge in [0.25, 0.3) is 5.91 Å². The van der Waals surface area contributed by atoms with Crippen LogP contribution in [0.2, 0.25) is 0 Å². The highest BCUT2D eigenvalue weighted by Crippen LogP contribution is 2.34. The summed E-state index contributed by atoms with van der Waals surface area (Å²) in [7, 11) is 3.15. The van der Waals surface area contributed by atoms with Gasteiger partial charge in [-0.2, -0.15) is 0 Å². The van der Waals surface area contributed by atoms with Crippen LogP contribution in [0.4, 0.5) is 16.2 Å². The summed E-state index contributed by atoms with van der Waals surface area (Å²) in [5.41, 5.74) is 4.10. The Morgan fingerprint density at radius 3 is 2.76 bits per heavy atom. The maximum atomic E-state index is 13.0. The molecule has 2 atom stereocenters. The average Bonchev–Trinajstić information content (AvgIpc) is 3.52. The second kappa shape index (κ2) is 8.71. The zero-order valence-electron chi connectivity index (χ0n) is 19.0. The van der Waals surface area contributed by atoms with E-state index in [4.69, 9.17) is 4.74 Å². The van der Waals surface area contributed by atoms with Gasteiger partial charge >= 0.3 is 6.03 Å². The summed E-state index contributed by atoms with van der Waals surface area (Å²) < 4.78 is 7.77. The molecule has 4 heterocycles. The molecule has 1 saturated heterocycles. The molecular weight excluding hydrogens is 454 g/mol. The molecule has 4 aromatic rings. The van der Waals surface area contributed by atoms with Crippen LogP contribution in [0.15, 0.2) is 42.6 Å². The molecule has 176 valence electrons. The van der Waals surface area contributed by atoms with Crippen molar-refractivity contribution in [3.63, 3.8) is 0 Å². The minimum Gasteiger partial charge on any atom is -0.388 e. The highest BCUT2D eigenvalue weighted by atomic mass is 32.1. The number of methoxy groups -OCH3 is 1. The Hall–Kier alpha value is -3.47. The monoisotopic (exact) mass is 479 g/mol. The van der Waals surface area contributed by atoms with Crippen LogP contribution in [0.3, 0.4) is 0 Å². The highest BCUT2D eigenvalue weighted by molar-refractivity contribution is 7.21. The van der Waals surface area contributed by atoms with Gasteiger partial charge in [0.15, 0.2) is 0 Å². The van der Waals surface area contributed by atoms with Crippen LogP contribution in [-0.4, -0.2) is 71.0 Å². The summed E-state index contributed by atoms with van der Waals surface area (Å²) >= 11 is 1.37. The van der Waals surface area contributed by atoms with Gasteiger partial charge in [-0.3, -0.25) is 14.3 Å². The molecule has 0 spiro atoms. The number of amides is 2. The van der Waals surface area contributed by atoms with Gasteiger partial charge in [0.05, 0.1) is 32.4 Å². The Labute approximate surface area is 199 Å². The average molecular weight is 480 g/mol. The number of nitrogens with zero attached hydrogens (tertiary/aromatic N) is 3. The van der Waals surface area contributed by atoms with Crippen molar-refractivity contribution in [3.8, 4) is 0 Å². The van der Waals surface area contributed by atoms with E-state index in [0.717, 1.165) is 38.2 Å². The molecule has 34 heavy (non-hydrogen) atoms. The van der Waals surface area contributed by atoms with Gasteiger partial charge in [0.2, 0.25) is 0 Å². The normalized spacial score (nSPS) is 18.1. The summed E-state index contributed by atoms with van der Waals surface area (Å²) in [6.07, 6.45) is 0.651. The number of pyridine rings is 1. The molecule has 0 unspecified atom stereocenters.